The Balaban J connectivity index is 1.52. The summed E-state index contributed by atoms with van der Waals surface area (Å²) in [6.45, 7) is 7.07. The van der Waals surface area contributed by atoms with Crippen LogP contribution in [0.15, 0.2) is 45.8 Å². The zero-order chi connectivity index (χ0) is 23.0. The third-order valence-corrected chi connectivity index (χ3v) is 7.00. The van der Waals surface area contributed by atoms with Crippen LogP contribution in [0.2, 0.25) is 0 Å². The molecule has 0 saturated heterocycles. The summed E-state index contributed by atoms with van der Waals surface area (Å²) < 4.78 is 33.9. The van der Waals surface area contributed by atoms with Gasteiger partial charge >= 0.3 is 0 Å². The minimum atomic E-state index is -3.97. The SMILES string of the molecule is Cc1cc(C)cc(NC(=O)[C@@H](C)NS(=O)(=O)c2cc(-c3noc(C4CC4)n3)ccc2C)c1. The molecule has 2 N–H and O–H groups in total. The molecule has 1 amide bonds. The number of rotatable bonds is 7. The van der Waals surface area contributed by atoms with Gasteiger partial charge in [0.15, 0.2) is 0 Å². The maximum atomic E-state index is 13.1. The molecule has 1 aromatic heterocycles. The van der Waals surface area contributed by atoms with Crippen LogP contribution in [-0.4, -0.2) is 30.5 Å². The van der Waals surface area contributed by atoms with Crippen molar-refractivity contribution < 1.29 is 17.7 Å². The molecule has 0 spiro atoms. The Morgan fingerprint density at radius 3 is 2.44 bits per heavy atom. The van der Waals surface area contributed by atoms with Crippen molar-refractivity contribution in [1.82, 2.24) is 14.9 Å². The van der Waals surface area contributed by atoms with Crippen LogP contribution in [-0.2, 0) is 14.8 Å². The normalized spacial score (nSPS) is 14.9. The minimum Gasteiger partial charge on any atom is -0.339 e. The van der Waals surface area contributed by atoms with Crippen molar-refractivity contribution in [3.8, 4) is 11.4 Å². The number of hydrogen-bond acceptors (Lipinski definition) is 6. The third kappa shape index (κ3) is 4.89. The highest BCUT2D eigenvalue weighted by Gasteiger charge is 2.30. The highest BCUT2D eigenvalue weighted by Crippen LogP contribution is 2.39. The molecule has 168 valence electrons. The van der Waals surface area contributed by atoms with E-state index in [1.54, 1.807) is 19.1 Å². The van der Waals surface area contributed by atoms with Crippen LogP contribution in [0.25, 0.3) is 11.4 Å². The summed E-state index contributed by atoms with van der Waals surface area (Å²) >= 11 is 0. The number of amides is 1. The standard InChI is InChI=1S/C23H26N4O4S/c1-13-9-14(2)11-19(10-13)24-22(28)16(4)27-32(29,30)20-12-18(6-5-15(20)3)21-25-23(31-26-21)17-7-8-17/h5-6,9-12,16-17,27H,7-8H2,1-4H3,(H,24,28)/t16-/m1/s1. The maximum Gasteiger partial charge on any atom is 0.242 e. The molecule has 1 heterocycles. The topological polar surface area (TPSA) is 114 Å². The van der Waals surface area contributed by atoms with Gasteiger partial charge in [-0.3, -0.25) is 4.79 Å². The third-order valence-electron chi connectivity index (χ3n) is 5.32. The van der Waals surface area contributed by atoms with E-state index in [9.17, 15) is 13.2 Å². The predicted molar refractivity (Wildman–Crippen MR) is 121 cm³/mol. The Labute approximate surface area is 187 Å². The molecule has 3 aromatic rings. The lowest BCUT2D eigenvalue weighted by molar-refractivity contribution is -0.117. The van der Waals surface area contributed by atoms with Crippen LogP contribution >= 0.6 is 0 Å². The average Bonchev–Trinajstić information content (AvgIpc) is 3.44. The van der Waals surface area contributed by atoms with Crippen LogP contribution < -0.4 is 10.0 Å². The number of nitrogens with one attached hydrogen (secondary N) is 2. The van der Waals surface area contributed by atoms with Gasteiger partial charge in [0.1, 0.15) is 0 Å². The minimum absolute atomic E-state index is 0.0684. The number of anilines is 1. The van der Waals surface area contributed by atoms with E-state index in [0.29, 0.717) is 34.4 Å². The Kier molecular flexibility index (Phi) is 5.87. The van der Waals surface area contributed by atoms with Crippen molar-refractivity contribution in [2.24, 2.45) is 0 Å². The quantitative estimate of drug-likeness (QED) is 0.561. The fourth-order valence-corrected chi connectivity index (χ4v) is 5.00. The Hall–Kier alpha value is -3.04. The van der Waals surface area contributed by atoms with Gasteiger partial charge in [0, 0.05) is 17.2 Å². The molecule has 1 fully saturated rings. The van der Waals surface area contributed by atoms with Gasteiger partial charge in [0.25, 0.3) is 0 Å². The Morgan fingerprint density at radius 1 is 1.09 bits per heavy atom. The molecule has 1 aliphatic carbocycles. The second-order valence-corrected chi connectivity index (χ2v) is 10.1. The van der Waals surface area contributed by atoms with Gasteiger partial charge in [-0.25, -0.2) is 8.42 Å². The summed E-state index contributed by atoms with van der Waals surface area (Å²) in [6.07, 6.45) is 2.06. The van der Waals surface area contributed by atoms with E-state index in [-0.39, 0.29) is 4.90 Å². The van der Waals surface area contributed by atoms with E-state index < -0.39 is 22.0 Å². The molecule has 0 unspecified atom stereocenters. The molecule has 0 radical (unpaired) electrons. The van der Waals surface area contributed by atoms with Crippen LogP contribution in [0.1, 0.15) is 48.3 Å². The molecular weight excluding hydrogens is 428 g/mol. The van der Waals surface area contributed by atoms with Crippen LogP contribution in [0.3, 0.4) is 0 Å². The van der Waals surface area contributed by atoms with Gasteiger partial charge in [0.05, 0.1) is 10.9 Å². The van der Waals surface area contributed by atoms with Gasteiger partial charge in [-0.05, 0) is 75.4 Å². The van der Waals surface area contributed by atoms with Crippen molar-refractivity contribution in [3.63, 3.8) is 0 Å². The molecule has 1 aliphatic rings. The fourth-order valence-electron chi connectivity index (χ4n) is 3.52. The maximum absolute atomic E-state index is 13.1. The summed E-state index contributed by atoms with van der Waals surface area (Å²) in [4.78, 5) is 17.1. The van der Waals surface area contributed by atoms with Crippen molar-refractivity contribution in [2.45, 2.75) is 57.4 Å². The molecule has 1 saturated carbocycles. The smallest absolute Gasteiger partial charge is 0.242 e. The first-order valence-electron chi connectivity index (χ1n) is 10.5. The zero-order valence-electron chi connectivity index (χ0n) is 18.5. The van der Waals surface area contributed by atoms with Gasteiger partial charge in [-0.1, -0.05) is 23.4 Å². The molecule has 8 nitrogen and oxygen atoms in total. The number of carbonyl (C=O) groups excluding carboxylic acids is 1. The first-order valence-corrected chi connectivity index (χ1v) is 12.0. The van der Waals surface area contributed by atoms with E-state index in [2.05, 4.69) is 20.2 Å². The number of aromatic nitrogens is 2. The highest BCUT2D eigenvalue weighted by atomic mass is 32.2. The van der Waals surface area contributed by atoms with E-state index in [1.807, 2.05) is 32.0 Å². The number of nitrogens with zero attached hydrogens (tertiary/aromatic N) is 2. The molecule has 0 aliphatic heterocycles. The summed E-state index contributed by atoms with van der Waals surface area (Å²) in [5.41, 5.74) is 3.73. The number of hydrogen-bond donors (Lipinski definition) is 2. The molecule has 32 heavy (non-hydrogen) atoms. The molecule has 9 heteroatoms. The number of benzene rings is 2. The fraction of sp³-hybridized carbons (Fsp3) is 0.348. The van der Waals surface area contributed by atoms with E-state index in [0.717, 1.165) is 24.0 Å². The van der Waals surface area contributed by atoms with Gasteiger partial charge in [-0.2, -0.15) is 9.71 Å². The second-order valence-electron chi connectivity index (χ2n) is 8.42. The predicted octanol–water partition coefficient (Wildman–Crippen LogP) is 3.84. The lowest BCUT2D eigenvalue weighted by atomic mass is 10.1. The van der Waals surface area contributed by atoms with Gasteiger partial charge in [0.2, 0.25) is 27.6 Å². The highest BCUT2D eigenvalue weighted by molar-refractivity contribution is 7.89. The van der Waals surface area contributed by atoms with Crippen LogP contribution in [0.4, 0.5) is 5.69 Å². The van der Waals surface area contributed by atoms with Crippen molar-refractivity contribution in [2.75, 3.05) is 5.32 Å². The summed E-state index contributed by atoms with van der Waals surface area (Å²) in [5, 5.41) is 6.76. The molecule has 1 atom stereocenters. The van der Waals surface area contributed by atoms with E-state index in [1.165, 1.54) is 13.0 Å². The Morgan fingerprint density at radius 2 is 1.78 bits per heavy atom. The lowest BCUT2D eigenvalue weighted by Gasteiger charge is -2.16. The largest absolute Gasteiger partial charge is 0.339 e. The molecule has 2 aromatic carbocycles. The summed E-state index contributed by atoms with van der Waals surface area (Å²) in [6, 6.07) is 9.64. The summed E-state index contributed by atoms with van der Waals surface area (Å²) in [5.74, 6) is 0.798. The zero-order valence-corrected chi connectivity index (χ0v) is 19.3. The van der Waals surface area contributed by atoms with Crippen molar-refractivity contribution >= 4 is 21.6 Å². The number of sulfonamides is 1. The number of carbonyl (C=O) groups is 1. The first-order chi connectivity index (χ1) is 15.1. The number of aryl methyl sites for hydroxylation is 3. The van der Waals surface area contributed by atoms with Crippen LogP contribution in [0.5, 0.6) is 0 Å². The van der Waals surface area contributed by atoms with E-state index in [4.69, 9.17) is 4.52 Å². The van der Waals surface area contributed by atoms with Gasteiger partial charge < -0.3 is 9.84 Å². The second kappa shape index (κ2) is 8.48. The first kappa shape index (κ1) is 22.2. The van der Waals surface area contributed by atoms with Crippen molar-refractivity contribution in [3.05, 3.63) is 59.0 Å². The van der Waals surface area contributed by atoms with E-state index >= 15 is 0 Å². The van der Waals surface area contributed by atoms with Crippen molar-refractivity contribution in [1.29, 1.82) is 0 Å². The Bertz CT molecular complexity index is 1260. The average molecular weight is 455 g/mol. The summed E-state index contributed by atoms with van der Waals surface area (Å²) in [7, 11) is -3.97. The monoisotopic (exact) mass is 454 g/mol. The molecule has 0 bridgehead atoms. The lowest BCUT2D eigenvalue weighted by Crippen LogP contribution is -2.41. The van der Waals surface area contributed by atoms with Gasteiger partial charge in [-0.15, -0.1) is 0 Å². The molecular formula is C23H26N4O4S. The van der Waals surface area contributed by atoms with Crippen LogP contribution in [0, 0.1) is 20.8 Å². The molecule has 4 rings (SSSR count).